The van der Waals surface area contributed by atoms with Crippen molar-refractivity contribution >= 4 is 22.6 Å². The molecule has 27 heavy (non-hydrogen) atoms. The topological polar surface area (TPSA) is 115 Å². The van der Waals surface area contributed by atoms with E-state index in [1.54, 1.807) is 18.7 Å². The van der Waals surface area contributed by atoms with Gasteiger partial charge in [-0.15, -0.1) is 0 Å². The van der Waals surface area contributed by atoms with Gasteiger partial charge in [0.25, 0.3) is 0 Å². The van der Waals surface area contributed by atoms with Gasteiger partial charge < -0.3 is 26.0 Å². The number of benzene rings is 1. The SMILES string of the molecule is CC(C)(CF)n1cc(C(=O)O)c(=O)c2cc(F)c(N3C[C@H](N)[C@@H](N)C3)cc21. The van der Waals surface area contributed by atoms with Gasteiger partial charge in [0, 0.05) is 36.8 Å². The van der Waals surface area contributed by atoms with E-state index in [0.29, 0.717) is 13.1 Å². The molecule has 0 saturated carbocycles. The Labute approximate surface area is 154 Å². The number of aromatic carboxylic acids is 1. The number of aromatic nitrogens is 1. The van der Waals surface area contributed by atoms with Crippen LogP contribution in [0.4, 0.5) is 14.5 Å². The van der Waals surface area contributed by atoms with Gasteiger partial charge in [0.2, 0.25) is 5.43 Å². The van der Waals surface area contributed by atoms with Crippen molar-refractivity contribution in [2.24, 2.45) is 11.5 Å². The monoisotopic (exact) mass is 380 g/mol. The van der Waals surface area contributed by atoms with Crippen molar-refractivity contribution < 1.29 is 18.7 Å². The van der Waals surface area contributed by atoms with E-state index in [4.69, 9.17) is 11.5 Å². The average molecular weight is 380 g/mol. The first-order valence-corrected chi connectivity index (χ1v) is 8.51. The highest BCUT2D eigenvalue weighted by molar-refractivity contribution is 5.93. The average Bonchev–Trinajstić information content (AvgIpc) is 2.93. The van der Waals surface area contributed by atoms with E-state index < -0.39 is 35.0 Å². The molecule has 3 rings (SSSR count). The molecule has 146 valence electrons. The molecule has 0 amide bonds. The third-order valence-corrected chi connectivity index (χ3v) is 5.03. The van der Waals surface area contributed by atoms with E-state index in [0.717, 1.165) is 12.3 Å². The predicted molar refractivity (Wildman–Crippen MR) is 98.6 cm³/mol. The van der Waals surface area contributed by atoms with E-state index in [1.807, 2.05) is 0 Å². The van der Waals surface area contributed by atoms with E-state index in [2.05, 4.69) is 0 Å². The lowest BCUT2D eigenvalue weighted by atomic mass is 10.0. The van der Waals surface area contributed by atoms with Gasteiger partial charge >= 0.3 is 5.97 Å². The van der Waals surface area contributed by atoms with Gasteiger partial charge in [0.05, 0.1) is 16.7 Å². The summed E-state index contributed by atoms with van der Waals surface area (Å²) in [5.41, 5.74) is 9.76. The third-order valence-electron chi connectivity index (χ3n) is 5.03. The van der Waals surface area contributed by atoms with Crippen LogP contribution >= 0.6 is 0 Å². The number of carboxylic acids is 1. The summed E-state index contributed by atoms with van der Waals surface area (Å²) in [4.78, 5) is 25.6. The number of alkyl halides is 1. The van der Waals surface area contributed by atoms with Crippen LogP contribution in [-0.2, 0) is 5.54 Å². The van der Waals surface area contributed by atoms with Crippen LogP contribution in [0.2, 0.25) is 0 Å². The van der Waals surface area contributed by atoms with Crippen LogP contribution in [0.25, 0.3) is 10.9 Å². The Kier molecular flexibility index (Phi) is 4.69. The van der Waals surface area contributed by atoms with E-state index in [-0.39, 0.29) is 28.7 Å². The maximum atomic E-state index is 14.8. The zero-order chi connectivity index (χ0) is 20.1. The second-order valence-electron chi connectivity index (χ2n) is 7.55. The lowest BCUT2D eigenvalue weighted by Crippen LogP contribution is -2.39. The van der Waals surface area contributed by atoms with Gasteiger partial charge in [-0.25, -0.2) is 13.6 Å². The van der Waals surface area contributed by atoms with Crippen molar-refractivity contribution in [3.8, 4) is 0 Å². The fourth-order valence-corrected chi connectivity index (χ4v) is 3.35. The molecule has 1 aliphatic rings. The van der Waals surface area contributed by atoms with Crippen LogP contribution < -0.4 is 21.8 Å². The molecule has 9 heteroatoms. The molecular weight excluding hydrogens is 358 g/mol. The minimum absolute atomic E-state index is 0.120. The van der Waals surface area contributed by atoms with Crippen molar-refractivity contribution in [2.45, 2.75) is 31.5 Å². The normalized spacial score (nSPS) is 20.4. The first-order valence-electron chi connectivity index (χ1n) is 8.51. The summed E-state index contributed by atoms with van der Waals surface area (Å²) in [6, 6.07) is 1.79. The van der Waals surface area contributed by atoms with Crippen molar-refractivity contribution in [3.63, 3.8) is 0 Å². The summed E-state index contributed by atoms with van der Waals surface area (Å²) in [5.74, 6) is -2.14. The molecule has 0 unspecified atom stereocenters. The molecular formula is C18H22F2N4O3. The number of nitrogens with zero attached hydrogens (tertiary/aromatic N) is 2. The first-order chi connectivity index (χ1) is 12.6. The molecule has 1 aromatic carbocycles. The molecule has 1 aromatic heterocycles. The Hall–Kier alpha value is -2.52. The summed E-state index contributed by atoms with van der Waals surface area (Å²) in [7, 11) is 0. The first kappa shape index (κ1) is 19.2. The number of fused-ring (bicyclic) bond motifs is 1. The molecule has 1 fully saturated rings. The third kappa shape index (κ3) is 3.17. The maximum Gasteiger partial charge on any atom is 0.341 e. The fourth-order valence-electron chi connectivity index (χ4n) is 3.35. The van der Waals surface area contributed by atoms with Crippen LogP contribution in [0.1, 0.15) is 24.2 Å². The minimum atomic E-state index is -1.45. The smallest absolute Gasteiger partial charge is 0.341 e. The number of hydrogen-bond acceptors (Lipinski definition) is 5. The molecule has 7 nitrogen and oxygen atoms in total. The molecule has 0 spiro atoms. The van der Waals surface area contributed by atoms with Crippen LogP contribution in [0.5, 0.6) is 0 Å². The molecule has 5 N–H and O–H groups in total. The Bertz CT molecular complexity index is 963. The van der Waals surface area contributed by atoms with Crippen LogP contribution in [-0.4, -0.2) is 47.5 Å². The van der Waals surface area contributed by atoms with Gasteiger partial charge in [-0.2, -0.15) is 0 Å². The molecule has 1 saturated heterocycles. The number of hydrogen-bond donors (Lipinski definition) is 3. The van der Waals surface area contributed by atoms with E-state index in [9.17, 15) is 23.5 Å². The van der Waals surface area contributed by atoms with Crippen LogP contribution in [0.3, 0.4) is 0 Å². The summed E-state index contributed by atoms with van der Waals surface area (Å²) in [6.07, 6.45) is 1.11. The predicted octanol–water partition coefficient (Wildman–Crippen LogP) is 1.02. The summed E-state index contributed by atoms with van der Waals surface area (Å²) >= 11 is 0. The second kappa shape index (κ2) is 6.58. The number of nitrogens with two attached hydrogens (primary N) is 2. The van der Waals surface area contributed by atoms with Crippen molar-refractivity contribution in [3.05, 3.63) is 39.9 Å². The number of anilines is 1. The van der Waals surface area contributed by atoms with Crippen molar-refractivity contribution in [1.29, 1.82) is 0 Å². The Morgan fingerprint density at radius 1 is 1.30 bits per heavy atom. The molecule has 1 aliphatic heterocycles. The molecule has 2 atom stereocenters. The van der Waals surface area contributed by atoms with Gasteiger partial charge in [-0.3, -0.25) is 4.79 Å². The van der Waals surface area contributed by atoms with Gasteiger partial charge in [-0.1, -0.05) is 0 Å². The Balaban J connectivity index is 2.32. The lowest BCUT2D eigenvalue weighted by Gasteiger charge is -2.28. The molecule has 0 aliphatic carbocycles. The van der Waals surface area contributed by atoms with E-state index in [1.165, 1.54) is 10.6 Å². The van der Waals surface area contributed by atoms with Crippen molar-refractivity contribution in [1.82, 2.24) is 4.57 Å². The standard InChI is InChI=1S/C18H22F2N4O3/c1-18(2,8-19)24-5-10(17(26)27)16(25)9-3-11(20)15(4-14(9)24)23-6-12(21)13(22)7-23/h3-5,12-13H,6-8,21-22H2,1-2H3,(H,26,27)/t12-,13-/m0/s1. The molecule has 2 aromatic rings. The van der Waals surface area contributed by atoms with Crippen LogP contribution in [0, 0.1) is 5.82 Å². The lowest BCUT2D eigenvalue weighted by molar-refractivity contribution is 0.0694. The van der Waals surface area contributed by atoms with Gasteiger partial charge in [-0.05, 0) is 26.0 Å². The van der Waals surface area contributed by atoms with E-state index >= 15 is 0 Å². The minimum Gasteiger partial charge on any atom is -0.477 e. The second-order valence-corrected chi connectivity index (χ2v) is 7.55. The highest BCUT2D eigenvalue weighted by Crippen LogP contribution is 2.30. The number of halogens is 2. The number of pyridine rings is 1. The highest BCUT2D eigenvalue weighted by Gasteiger charge is 2.31. The fraction of sp³-hybridized carbons (Fsp3) is 0.444. The Morgan fingerprint density at radius 2 is 1.89 bits per heavy atom. The zero-order valence-electron chi connectivity index (χ0n) is 15.1. The number of carboxylic acid groups (broad SMARTS) is 1. The highest BCUT2D eigenvalue weighted by atomic mass is 19.1. The molecule has 2 heterocycles. The molecule has 0 bridgehead atoms. The number of carbonyl (C=O) groups is 1. The largest absolute Gasteiger partial charge is 0.477 e. The zero-order valence-corrected chi connectivity index (χ0v) is 15.1. The van der Waals surface area contributed by atoms with Crippen LogP contribution in [0.15, 0.2) is 23.1 Å². The summed E-state index contributed by atoms with van der Waals surface area (Å²) in [6.45, 7) is 3.00. The summed E-state index contributed by atoms with van der Waals surface area (Å²) in [5, 5.41) is 9.19. The van der Waals surface area contributed by atoms with Gasteiger partial charge in [0.15, 0.2) is 0 Å². The molecule has 0 radical (unpaired) electrons. The summed E-state index contributed by atoms with van der Waals surface area (Å²) < 4.78 is 29.8. The Morgan fingerprint density at radius 3 is 2.41 bits per heavy atom. The quantitative estimate of drug-likeness (QED) is 0.730. The van der Waals surface area contributed by atoms with Crippen molar-refractivity contribution in [2.75, 3.05) is 24.7 Å². The van der Waals surface area contributed by atoms with Gasteiger partial charge in [0.1, 0.15) is 18.1 Å². The number of rotatable bonds is 4. The maximum absolute atomic E-state index is 14.8.